The van der Waals surface area contributed by atoms with Gasteiger partial charge in [0.1, 0.15) is 5.69 Å². The van der Waals surface area contributed by atoms with E-state index in [4.69, 9.17) is 9.47 Å². The molecule has 0 saturated carbocycles. The maximum atomic E-state index is 13.1. The molecule has 1 aliphatic heterocycles. The van der Waals surface area contributed by atoms with Crippen molar-refractivity contribution >= 4 is 66.2 Å². The van der Waals surface area contributed by atoms with Crippen molar-refractivity contribution in [3.63, 3.8) is 0 Å². The third-order valence-electron chi connectivity index (χ3n) is 5.41. The van der Waals surface area contributed by atoms with Gasteiger partial charge in [-0.1, -0.05) is 37.9 Å². The van der Waals surface area contributed by atoms with E-state index in [-0.39, 0.29) is 19.0 Å². The second-order valence-corrected chi connectivity index (χ2v) is 9.67. The Hall–Kier alpha value is -3.83. The third-order valence-corrected chi connectivity index (χ3v) is 6.43. The predicted octanol–water partition coefficient (Wildman–Crippen LogP) is 4.53. The summed E-state index contributed by atoms with van der Waals surface area (Å²) in [5.41, 5.74) is 4.57. The molecule has 0 spiro atoms. The van der Waals surface area contributed by atoms with Crippen molar-refractivity contribution in [2.24, 2.45) is 0 Å². The number of hydrogen-bond acceptors (Lipinski definition) is 5. The van der Waals surface area contributed by atoms with Crippen molar-refractivity contribution in [3.8, 4) is 11.5 Å². The highest BCUT2D eigenvalue weighted by molar-refractivity contribution is 9.10. The number of hydrogen-bond donors (Lipinski definition) is 3. The molecular formula is C25H18Br2N4O5. The predicted molar refractivity (Wildman–Crippen MR) is 141 cm³/mol. The summed E-state index contributed by atoms with van der Waals surface area (Å²) >= 11 is 6.78. The van der Waals surface area contributed by atoms with Crippen LogP contribution in [-0.2, 0) is 16.1 Å². The SMILES string of the molecule is O=C(NCc1ccc2c(c1)OCO2)C(=O)Nn1c(C(=O)Nc2ccc(Br)cc2)cc2cc(Br)ccc21. The summed E-state index contributed by atoms with van der Waals surface area (Å²) in [5, 5.41) is 6.09. The minimum atomic E-state index is -0.922. The largest absolute Gasteiger partial charge is 0.454 e. The van der Waals surface area contributed by atoms with Crippen LogP contribution >= 0.6 is 31.9 Å². The van der Waals surface area contributed by atoms with E-state index in [1.54, 1.807) is 60.7 Å². The van der Waals surface area contributed by atoms with E-state index in [1.165, 1.54) is 4.68 Å². The number of fused-ring (bicyclic) bond motifs is 2. The number of aromatic nitrogens is 1. The van der Waals surface area contributed by atoms with Crippen molar-refractivity contribution in [2.45, 2.75) is 6.54 Å². The highest BCUT2D eigenvalue weighted by Gasteiger charge is 2.21. The topological polar surface area (TPSA) is 111 Å². The zero-order chi connectivity index (χ0) is 25.2. The highest BCUT2D eigenvalue weighted by atomic mass is 79.9. The smallest absolute Gasteiger partial charge is 0.328 e. The molecule has 182 valence electrons. The third kappa shape index (κ3) is 5.07. The van der Waals surface area contributed by atoms with Crippen LogP contribution < -0.4 is 25.5 Å². The average Bonchev–Trinajstić information content (AvgIpc) is 3.48. The van der Waals surface area contributed by atoms with Crippen LogP contribution in [0.4, 0.5) is 5.69 Å². The van der Waals surface area contributed by atoms with E-state index in [0.29, 0.717) is 28.1 Å². The summed E-state index contributed by atoms with van der Waals surface area (Å²) in [4.78, 5) is 38.4. The van der Waals surface area contributed by atoms with Gasteiger partial charge in [0.25, 0.3) is 5.91 Å². The number of halogens is 2. The van der Waals surface area contributed by atoms with Crippen LogP contribution in [0.25, 0.3) is 10.9 Å². The first-order valence-electron chi connectivity index (χ1n) is 10.7. The van der Waals surface area contributed by atoms with Crippen molar-refractivity contribution in [1.29, 1.82) is 0 Å². The molecule has 0 fully saturated rings. The molecule has 3 aromatic carbocycles. The molecule has 0 radical (unpaired) electrons. The number of nitrogens with one attached hydrogen (secondary N) is 3. The zero-order valence-corrected chi connectivity index (χ0v) is 21.7. The molecule has 1 aliphatic rings. The van der Waals surface area contributed by atoms with Crippen molar-refractivity contribution in [1.82, 2.24) is 9.99 Å². The Morgan fingerprint density at radius 1 is 0.833 bits per heavy atom. The van der Waals surface area contributed by atoms with Gasteiger partial charge in [-0.15, -0.1) is 0 Å². The molecule has 11 heteroatoms. The fraction of sp³-hybridized carbons (Fsp3) is 0.0800. The van der Waals surface area contributed by atoms with Crippen molar-refractivity contribution < 1.29 is 23.9 Å². The van der Waals surface area contributed by atoms with Gasteiger partial charge < -0.3 is 20.1 Å². The number of anilines is 1. The highest BCUT2D eigenvalue weighted by Crippen LogP contribution is 2.32. The molecule has 1 aromatic heterocycles. The van der Waals surface area contributed by atoms with Crippen LogP contribution in [0.1, 0.15) is 16.1 Å². The Kier molecular flexibility index (Phi) is 6.66. The van der Waals surface area contributed by atoms with Crippen LogP contribution in [0, 0.1) is 0 Å². The molecular weight excluding hydrogens is 596 g/mol. The first-order chi connectivity index (χ1) is 17.4. The molecule has 5 rings (SSSR count). The Labute approximate surface area is 222 Å². The lowest BCUT2D eigenvalue weighted by Crippen LogP contribution is -2.39. The fourth-order valence-electron chi connectivity index (χ4n) is 3.67. The van der Waals surface area contributed by atoms with E-state index < -0.39 is 17.7 Å². The molecule has 0 saturated heterocycles. The maximum absolute atomic E-state index is 13.1. The molecule has 9 nitrogen and oxygen atoms in total. The van der Waals surface area contributed by atoms with Gasteiger partial charge in [0.2, 0.25) is 6.79 Å². The number of carbonyl (C=O) groups is 3. The lowest BCUT2D eigenvalue weighted by molar-refractivity contribution is -0.136. The van der Waals surface area contributed by atoms with Crippen LogP contribution in [0.2, 0.25) is 0 Å². The summed E-state index contributed by atoms with van der Waals surface area (Å²) in [5.74, 6) is -1.02. The first kappa shape index (κ1) is 23.9. The van der Waals surface area contributed by atoms with Gasteiger partial charge in [0.05, 0.1) is 5.52 Å². The summed E-state index contributed by atoms with van der Waals surface area (Å²) in [6.07, 6.45) is 0. The van der Waals surface area contributed by atoms with Crippen LogP contribution in [-0.4, -0.2) is 29.2 Å². The summed E-state index contributed by atoms with van der Waals surface area (Å²) in [6.45, 7) is 0.256. The number of benzene rings is 3. The molecule has 3 N–H and O–H groups in total. The molecule has 3 amide bonds. The number of rotatable bonds is 5. The minimum absolute atomic E-state index is 0.110. The van der Waals surface area contributed by atoms with Gasteiger partial charge >= 0.3 is 11.8 Å². The number of carbonyl (C=O) groups excluding carboxylic acids is 3. The van der Waals surface area contributed by atoms with Crippen molar-refractivity contribution in [2.75, 3.05) is 17.5 Å². The number of amides is 3. The van der Waals surface area contributed by atoms with Gasteiger partial charge in [-0.2, -0.15) is 0 Å². The molecule has 4 aromatic rings. The first-order valence-corrected chi connectivity index (χ1v) is 12.3. The fourth-order valence-corrected chi connectivity index (χ4v) is 4.31. The molecule has 0 unspecified atom stereocenters. The van der Waals surface area contributed by atoms with E-state index in [9.17, 15) is 14.4 Å². The molecule has 0 aliphatic carbocycles. The Bertz CT molecular complexity index is 1500. The number of nitrogens with zero attached hydrogens (tertiary/aromatic N) is 1. The van der Waals surface area contributed by atoms with Crippen LogP contribution in [0.5, 0.6) is 11.5 Å². The molecule has 0 atom stereocenters. The Balaban J connectivity index is 1.34. The van der Waals surface area contributed by atoms with Gasteiger partial charge in [0, 0.05) is 26.6 Å². The molecule has 0 bridgehead atoms. The summed E-state index contributed by atoms with van der Waals surface area (Å²) in [6, 6.07) is 19.3. The zero-order valence-electron chi connectivity index (χ0n) is 18.5. The maximum Gasteiger partial charge on any atom is 0.328 e. The normalized spacial score (nSPS) is 11.8. The van der Waals surface area contributed by atoms with Gasteiger partial charge in [0.15, 0.2) is 11.5 Å². The molecule has 2 heterocycles. The summed E-state index contributed by atoms with van der Waals surface area (Å²) in [7, 11) is 0. The molecule has 36 heavy (non-hydrogen) atoms. The van der Waals surface area contributed by atoms with Gasteiger partial charge in [-0.05, 0) is 66.2 Å². The van der Waals surface area contributed by atoms with E-state index in [0.717, 1.165) is 14.5 Å². The quantitative estimate of drug-likeness (QED) is 0.286. The van der Waals surface area contributed by atoms with Crippen LogP contribution in [0.3, 0.4) is 0 Å². The Morgan fingerprint density at radius 2 is 1.58 bits per heavy atom. The second kappa shape index (κ2) is 10.0. The lowest BCUT2D eigenvalue weighted by Gasteiger charge is -2.13. The van der Waals surface area contributed by atoms with Crippen LogP contribution in [0.15, 0.2) is 75.7 Å². The van der Waals surface area contributed by atoms with E-state index >= 15 is 0 Å². The van der Waals surface area contributed by atoms with E-state index in [2.05, 4.69) is 47.9 Å². The van der Waals surface area contributed by atoms with Gasteiger partial charge in [-0.25, -0.2) is 4.68 Å². The van der Waals surface area contributed by atoms with E-state index in [1.807, 2.05) is 6.07 Å². The summed E-state index contributed by atoms with van der Waals surface area (Å²) < 4.78 is 13.6. The standard InChI is InChI=1S/C25H18Br2N4O5/c26-16-2-5-18(6-3-16)29-23(32)20-11-15-10-17(27)4-7-19(15)31(20)30-25(34)24(33)28-12-14-1-8-21-22(9-14)36-13-35-21/h1-11H,12-13H2,(H,28,33)(H,29,32)(H,30,34). The monoisotopic (exact) mass is 612 g/mol. The van der Waals surface area contributed by atoms with Crippen molar-refractivity contribution in [3.05, 3.63) is 86.9 Å². The van der Waals surface area contributed by atoms with Gasteiger partial charge in [-0.3, -0.25) is 19.8 Å². The lowest BCUT2D eigenvalue weighted by atomic mass is 10.2. The minimum Gasteiger partial charge on any atom is -0.454 e. The average molecular weight is 614 g/mol. The Morgan fingerprint density at radius 3 is 2.39 bits per heavy atom. The number of ether oxygens (including phenoxy) is 2. The second-order valence-electron chi connectivity index (χ2n) is 7.84.